The Morgan fingerprint density at radius 2 is 2.44 bits per heavy atom. The van der Waals surface area contributed by atoms with E-state index in [2.05, 4.69) is 24.4 Å². The number of hydrogen-bond donors (Lipinski definition) is 1. The van der Waals surface area contributed by atoms with Gasteiger partial charge in [0, 0.05) is 12.2 Å². The molecule has 1 aliphatic rings. The van der Waals surface area contributed by atoms with Crippen molar-refractivity contribution >= 4 is 12.1 Å². The highest BCUT2D eigenvalue weighted by Crippen LogP contribution is 2.14. The van der Waals surface area contributed by atoms with Crippen molar-refractivity contribution in [3.63, 3.8) is 0 Å². The zero-order chi connectivity index (χ0) is 12.0. The molecular formula is C13H19NO2. The molecule has 16 heavy (non-hydrogen) atoms. The lowest BCUT2D eigenvalue weighted by Gasteiger charge is -2.15. The maximum atomic E-state index is 11.0. The van der Waals surface area contributed by atoms with E-state index in [1.54, 1.807) is 0 Å². The number of hydrogen-bond acceptors (Lipinski definition) is 3. The van der Waals surface area contributed by atoms with Crippen molar-refractivity contribution in [2.24, 2.45) is 11.8 Å². The van der Waals surface area contributed by atoms with E-state index in [1.165, 1.54) is 6.92 Å². The molecule has 88 valence electrons. The van der Waals surface area contributed by atoms with Crippen LogP contribution in [0.2, 0.25) is 0 Å². The van der Waals surface area contributed by atoms with E-state index in [9.17, 15) is 9.59 Å². The van der Waals surface area contributed by atoms with Crippen LogP contribution in [0.25, 0.3) is 0 Å². The molecule has 0 amide bonds. The van der Waals surface area contributed by atoms with Crippen molar-refractivity contribution < 1.29 is 9.59 Å². The minimum absolute atomic E-state index is 0.0571. The lowest BCUT2D eigenvalue weighted by atomic mass is 10.0. The Kier molecular flexibility index (Phi) is 4.96. The zero-order valence-corrected chi connectivity index (χ0v) is 9.90. The number of nitrogens with one attached hydrogen (secondary N) is 1. The summed E-state index contributed by atoms with van der Waals surface area (Å²) in [4.78, 5) is 21.6. The van der Waals surface area contributed by atoms with E-state index in [4.69, 9.17) is 0 Å². The van der Waals surface area contributed by atoms with Crippen molar-refractivity contribution in [1.82, 2.24) is 5.32 Å². The van der Waals surface area contributed by atoms with Gasteiger partial charge in [-0.05, 0) is 31.8 Å². The van der Waals surface area contributed by atoms with E-state index in [1.807, 2.05) is 6.08 Å². The van der Waals surface area contributed by atoms with Crippen LogP contribution in [0.4, 0.5) is 0 Å². The fourth-order valence-electron chi connectivity index (χ4n) is 1.70. The standard InChI is InChI=1S/C13H19NO2/c1-10-4-3-5-13(8-10)14-7-6-12(9-15)11(2)16/h3,5,8-10,12,14H,4,6-7H2,1-2H3. The summed E-state index contributed by atoms with van der Waals surface area (Å²) in [6.45, 7) is 4.28. The molecule has 0 heterocycles. The maximum absolute atomic E-state index is 11.0. The molecule has 0 fully saturated rings. The van der Waals surface area contributed by atoms with Gasteiger partial charge in [0.05, 0.1) is 5.92 Å². The van der Waals surface area contributed by atoms with Crippen LogP contribution in [0.15, 0.2) is 23.9 Å². The molecule has 1 N–H and O–H groups in total. The first-order valence-electron chi connectivity index (χ1n) is 5.71. The maximum Gasteiger partial charge on any atom is 0.140 e. The smallest absolute Gasteiger partial charge is 0.140 e. The van der Waals surface area contributed by atoms with Gasteiger partial charge in [0.25, 0.3) is 0 Å². The molecule has 1 rings (SSSR count). The molecule has 0 aliphatic heterocycles. The summed E-state index contributed by atoms with van der Waals surface area (Å²) in [5.74, 6) is 0.0404. The van der Waals surface area contributed by atoms with Gasteiger partial charge in [-0.2, -0.15) is 0 Å². The van der Waals surface area contributed by atoms with E-state index >= 15 is 0 Å². The molecule has 0 aromatic rings. The summed E-state index contributed by atoms with van der Waals surface area (Å²) in [5, 5.41) is 3.23. The molecule has 0 saturated carbocycles. The molecule has 0 radical (unpaired) electrons. The average Bonchev–Trinajstić information content (AvgIpc) is 2.24. The summed E-state index contributed by atoms with van der Waals surface area (Å²) >= 11 is 0. The van der Waals surface area contributed by atoms with Crippen LogP contribution in [-0.2, 0) is 9.59 Å². The molecule has 2 unspecified atom stereocenters. The molecule has 1 aliphatic carbocycles. The molecule has 3 heteroatoms. The van der Waals surface area contributed by atoms with Gasteiger partial charge in [-0.1, -0.05) is 19.1 Å². The van der Waals surface area contributed by atoms with Crippen molar-refractivity contribution in [3.05, 3.63) is 23.9 Å². The molecule has 0 aromatic heterocycles. The predicted molar refractivity (Wildman–Crippen MR) is 63.9 cm³/mol. The zero-order valence-electron chi connectivity index (χ0n) is 9.90. The second-order valence-corrected chi connectivity index (χ2v) is 4.31. The van der Waals surface area contributed by atoms with Gasteiger partial charge in [-0.25, -0.2) is 0 Å². The third-order valence-corrected chi connectivity index (χ3v) is 2.74. The summed E-state index contributed by atoms with van der Waals surface area (Å²) in [7, 11) is 0. The Hall–Kier alpha value is -1.38. The fourth-order valence-corrected chi connectivity index (χ4v) is 1.70. The third-order valence-electron chi connectivity index (χ3n) is 2.74. The number of rotatable bonds is 6. The number of Topliss-reactive ketones (excluding diaryl/α,β-unsaturated/α-hetero) is 1. The van der Waals surface area contributed by atoms with Crippen LogP contribution in [0.1, 0.15) is 26.7 Å². The summed E-state index contributed by atoms with van der Waals surface area (Å²) in [5.41, 5.74) is 1.09. The quantitative estimate of drug-likeness (QED) is 0.550. The molecule has 0 aromatic carbocycles. The van der Waals surface area contributed by atoms with Crippen LogP contribution in [0.5, 0.6) is 0 Å². The van der Waals surface area contributed by atoms with Crippen LogP contribution in [0, 0.1) is 11.8 Å². The highest BCUT2D eigenvalue weighted by Gasteiger charge is 2.12. The van der Waals surface area contributed by atoms with Gasteiger partial charge >= 0.3 is 0 Å². The second-order valence-electron chi connectivity index (χ2n) is 4.31. The topological polar surface area (TPSA) is 46.2 Å². The number of allylic oxidation sites excluding steroid dienone is 3. The van der Waals surface area contributed by atoms with Crippen molar-refractivity contribution in [2.75, 3.05) is 6.54 Å². The molecule has 3 nitrogen and oxygen atoms in total. The highest BCUT2D eigenvalue weighted by atomic mass is 16.1. The van der Waals surface area contributed by atoms with Gasteiger partial charge in [0.1, 0.15) is 12.1 Å². The van der Waals surface area contributed by atoms with Gasteiger partial charge < -0.3 is 10.1 Å². The van der Waals surface area contributed by atoms with Gasteiger partial charge in [-0.3, -0.25) is 4.79 Å². The Balaban J connectivity index is 2.32. The van der Waals surface area contributed by atoms with Crippen LogP contribution in [-0.4, -0.2) is 18.6 Å². The van der Waals surface area contributed by atoms with Gasteiger partial charge in [0.2, 0.25) is 0 Å². The molecule has 0 spiro atoms. The first-order chi connectivity index (χ1) is 7.63. The van der Waals surface area contributed by atoms with Crippen LogP contribution in [0.3, 0.4) is 0 Å². The summed E-state index contributed by atoms with van der Waals surface area (Å²) in [6.07, 6.45) is 8.73. The number of carbonyl (C=O) groups excluding carboxylic acids is 2. The average molecular weight is 221 g/mol. The van der Waals surface area contributed by atoms with E-state index in [-0.39, 0.29) is 5.78 Å². The monoisotopic (exact) mass is 221 g/mol. The second kappa shape index (κ2) is 6.26. The Labute approximate surface area is 96.6 Å². The van der Waals surface area contributed by atoms with E-state index < -0.39 is 5.92 Å². The lowest BCUT2D eigenvalue weighted by Crippen LogP contribution is -2.22. The first-order valence-corrected chi connectivity index (χ1v) is 5.71. The minimum Gasteiger partial charge on any atom is -0.385 e. The summed E-state index contributed by atoms with van der Waals surface area (Å²) in [6, 6.07) is 0. The Morgan fingerprint density at radius 1 is 1.69 bits per heavy atom. The largest absolute Gasteiger partial charge is 0.385 e. The van der Waals surface area contributed by atoms with Crippen molar-refractivity contribution in [3.8, 4) is 0 Å². The number of ketones is 1. The van der Waals surface area contributed by atoms with E-state index in [0.717, 1.165) is 18.4 Å². The number of carbonyl (C=O) groups is 2. The van der Waals surface area contributed by atoms with Crippen LogP contribution < -0.4 is 5.32 Å². The summed E-state index contributed by atoms with van der Waals surface area (Å²) < 4.78 is 0. The van der Waals surface area contributed by atoms with Crippen molar-refractivity contribution in [2.45, 2.75) is 26.7 Å². The molecule has 0 saturated heterocycles. The Bertz CT molecular complexity index is 318. The molecule has 0 bridgehead atoms. The SMILES string of the molecule is CC(=O)C(C=O)CCNC1=CC(C)CC=C1. The van der Waals surface area contributed by atoms with Crippen molar-refractivity contribution in [1.29, 1.82) is 0 Å². The molecule has 2 atom stereocenters. The number of aldehydes is 1. The predicted octanol–water partition coefficient (Wildman–Crippen LogP) is 1.85. The first kappa shape index (κ1) is 12.7. The highest BCUT2D eigenvalue weighted by molar-refractivity contribution is 5.91. The molecular weight excluding hydrogens is 202 g/mol. The Morgan fingerprint density at radius 3 is 3.00 bits per heavy atom. The minimum atomic E-state index is -0.460. The van der Waals surface area contributed by atoms with E-state index in [0.29, 0.717) is 18.9 Å². The lowest BCUT2D eigenvalue weighted by molar-refractivity contribution is -0.125. The van der Waals surface area contributed by atoms with Crippen LogP contribution >= 0.6 is 0 Å². The fraction of sp³-hybridized carbons (Fsp3) is 0.538. The normalized spacial score (nSPS) is 21.1. The van der Waals surface area contributed by atoms with Gasteiger partial charge in [0.15, 0.2) is 0 Å². The van der Waals surface area contributed by atoms with Gasteiger partial charge in [-0.15, -0.1) is 0 Å². The third kappa shape index (κ3) is 4.01.